The van der Waals surface area contributed by atoms with Crippen LogP contribution in [0.1, 0.15) is 12.0 Å². The fourth-order valence-electron chi connectivity index (χ4n) is 2.22. The van der Waals surface area contributed by atoms with Crippen LogP contribution in [0.3, 0.4) is 0 Å². The second-order valence-electron chi connectivity index (χ2n) is 5.27. The summed E-state index contributed by atoms with van der Waals surface area (Å²) >= 11 is 5.72. The van der Waals surface area contributed by atoms with Gasteiger partial charge in [0.05, 0.1) is 11.0 Å². The fourth-order valence-corrected chi connectivity index (χ4v) is 3.95. The van der Waals surface area contributed by atoms with Crippen LogP contribution < -0.4 is 5.32 Å². The van der Waals surface area contributed by atoms with Gasteiger partial charge in [0, 0.05) is 19.4 Å². The normalized spacial score (nSPS) is 12.6. The minimum Gasteiger partial charge on any atom is -0.385 e. The number of hydrogen-bond donors (Lipinski definition) is 1. The summed E-state index contributed by atoms with van der Waals surface area (Å²) in [5, 5.41) is 2.39. The third-order valence-corrected chi connectivity index (χ3v) is 5.69. The molecule has 1 aromatic carbocycles. The van der Waals surface area contributed by atoms with Crippen LogP contribution in [0.15, 0.2) is 43.2 Å². The molecule has 25 heavy (non-hydrogen) atoms. The second kappa shape index (κ2) is 8.89. The van der Waals surface area contributed by atoms with Gasteiger partial charge in [0.1, 0.15) is 6.33 Å². The van der Waals surface area contributed by atoms with Crippen molar-refractivity contribution in [2.45, 2.75) is 17.4 Å². The number of ether oxygens (including phenoxy) is 1. The maximum absolute atomic E-state index is 12.6. The third-order valence-electron chi connectivity index (χ3n) is 3.42. The van der Waals surface area contributed by atoms with Gasteiger partial charge in [0.2, 0.25) is 11.2 Å². The molecule has 0 fully saturated rings. The van der Waals surface area contributed by atoms with E-state index in [4.69, 9.17) is 16.3 Å². The Labute approximate surface area is 152 Å². The highest BCUT2D eigenvalue weighted by Gasteiger charge is 2.22. The van der Waals surface area contributed by atoms with E-state index >= 15 is 0 Å². The maximum atomic E-state index is 12.6. The molecule has 0 radical (unpaired) electrons. The average molecular weight is 383 g/mol. The lowest BCUT2D eigenvalue weighted by Gasteiger charge is -2.14. The molecule has 1 atom stereocenters. The lowest BCUT2D eigenvalue weighted by molar-refractivity contribution is 0.196. The van der Waals surface area contributed by atoms with Crippen molar-refractivity contribution in [3.63, 3.8) is 0 Å². The Morgan fingerprint density at radius 2 is 2.20 bits per heavy atom. The van der Waals surface area contributed by atoms with Crippen LogP contribution in [-0.2, 0) is 20.3 Å². The molecule has 0 aliphatic rings. The van der Waals surface area contributed by atoms with E-state index < -0.39 is 15.1 Å². The molecule has 0 bridgehead atoms. The molecule has 1 N–H and O–H groups in total. The lowest BCUT2D eigenvalue weighted by Crippen LogP contribution is -2.22. The summed E-state index contributed by atoms with van der Waals surface area (Å²) in [6, 6.07) is 7.02. The zero-order valence-electron chi connectivity index (χ0n) is 13.7. The first kappa shape index (κ1) is 19.3. The van der Waals surface area contributed by atoms with Crippen molar-refractivity contribution in [3.8, 4) is 0 Å². The monoisotopic (exact) mass is 382 g/mol. The highest BCUT2D eigenvalue weighted by molar-refractivity contribution is 7.91. The number of anilines is 2. The van der Waals surface area contributed by atoms with E-state index in [1.807, 2.05) is 0 Å². The third kappa shape index (κ3) is 5.77. The number of nitrogens with zero attached hydrogens (tertiary/aromatic N) is 3. The molecular weight excluding hydrogens is 364 g/mol. The van der Waals surface area contributed by atoms with Crippen LogP contribution in [0.25, 0.3) is 0 Å². The molecule has 7 nitrogen and oxygen atoms in total. The molecule has 1 unspecified atom stereocenters. The zero-order chi connectivity index (χ0) is 18.3. The van der Waals surface area contributed by atoms with E-state index in [0.29, 0.717) is 24.3 Å². The van der Waals surface area contributed by atoms with Gasteiger partial charge in [-0.3, -0.25) is 0 Å². The van der Waals surface area contributed by atoms with Crippen molar-refractivity contribution in [1.82, 2.24) is 15.0 Å². The van der Waals surface area contributed by atoms with Crippen molar-refractivity contribution in [3.05, 3.63) is 54.1 Å². The SMILES string of the molecule is C=CC(CCOC)S(=O)(=O)Cc1cccc(Nc2ncnc(Cl)n2)c1. The summed E-state index contributed by atoms with van der Waals surface area (Å²) in [5.41, 5.74) is 1.30. The average Bonchev–Trinajstić information content (AvgIpc) is 2.55. The van der Waals surface area contributed by atoms with Gasteiger partial charge in [-0.25, -0.2) is 18.4 Å². The summed E-state index contributed by atoms with van der Waals surface area (Å²) in [4.78, 5) is 11.6. The number of methoxy groups -OCH3 is 1. The predicted molar refractivity (Wildman–Crippen MR) is 97.7 cm³/mol. The standard InChI is InChI=1S/C16H19ClN4O3S/c1-3-14(7-8-24-2)25(22,23)10-12-5-4-6-13(9-12)20-16-19-11-18-15(17)21-16/h3-6,9,11,14H,1,7-8,10H2,2H3,(H,18,19,20,21). The predicted octanol–water partition coefficient (Wildman–Crippen LogP) is 2.77. The van der Waals surface area contributed by atoms with E-state index in [0.717, 1.165) is 0 Å². The second-order valence-corrected chi connectivity index (χ2v) is 7.82. The first-order chi connectivity index (χ1) is 11.9. The highest BCUT2D eigenvalue weighted by atomic mass is 35.5. The minimum absolute atomic E-state index is 0.0724. The Bertz CT molecular complexity index is 830. The topological polar surface area (TPSA) is 94.1 Å². The van der Waals surface area contributed by atoms with Gasteiger partial charge in [-0.05, 0) is 35.7 Å². The Kier molecular flexibility index (Phi) is 6.86. The van der Waals surface area contributed by atoms with Crippen LogP contribution >= 0.6 is 11.6 Å². The molecular formula is C16H19ClN4O3S. The largest absolute Gasteiger partial charge is 0.385 e. The number of nitrogens with one attached hydrogen (secondary N) is 1. The first-order valence-corrected chi connectivity index (χ1v) is 9.57. The van der Waals surface area contributed by atoms with Crippen molar-refractivity contribution < 1.29 is 13.2 Å². The minimum atomic E-state index is -3.38. The van der Waals surface area contributed by atoms with Gasteiger partial charge in [0.15, 0.2) is 9.84 Å². The number of sulfone groups is 1. The summed E-state index contributed by atoms with van der Waals surface area (Å²) in [6.45, 7) is 3.98. The molecule has 9 heteroatoms. The van der Waals surface area contributed by atoms with Crippen LogP contribution in [0, 0.1) is 0 Å². The Hall–Kier alpha value is -2.03. The molecule has 0 aliphatic heterocycles. The van der Waals surface area contributed by atoms with Crippen LogP contribution in [0.2, 0.25) is 5.28 Å². The zero-order valence-corrected chi connectivity index (χ0v) is 15.3. The van der Waals surface area contributed by atoms with Crippen molar-refractivity contribution in [1.29, 1.82) is 0 Å². The van der Waals surface area contributed by atoms with E-state index in [9.17, 15) is 8.42 Å². The lowest BCUT2D eigenvalue weighted by atomic mass is 10.2. The van der Waals surface area contributed by atoms with Gasteiger partial charge in [-0.2, -0.15) is 4.98 Å². The van der Waals surface area contributed by atoms with Gasteiger partial charge in [0.25, 0.3) is 0 Å². The molecule has 1 heterocycles. The first-order valence-electron chi connectivity index (χ1n) is 7.48. The van der Waals surface area contributed by atoms with Crippen LogP contribution in [0.5, 0.6) is 0 Å². The molecule has 0 aliphatic carbocycles. The Morgan fingerprint density at radius 3 is 2.88 bits per heavy atom. The Balaban J connectivity index is 2.14. The van der Waals surface area contributed by atoms with Gasteiger partial charge in [-0.15, -0.1) is 6.58 Å². The highest BCUT2D eigenvalue weighted by Crippen LogP contribution is 2.20. The molecule has 2 rings (SSSR count). The van der Waals surface area contributed by atoms with E-state index in [2.05, 4.69) is 26.8 Å². The number of hydrogen-bond acceptors (Lipinski definition) is 7. The quantitative estimate of drug-likeness (QED) is 0.666. The van der Waals surface area contributed by atoms with Crippen molar-refractivity contribution in [2.24, 2.45) is 0 Å². The molecule has 0 amide bonds. The fraction of sp³-hybridized carbons (Fsp3) is 0.312. The number of benzene rings is 1. The summed E-state index contributed by atoms with van der Waals surface area (Å²) in [6.07, 6.45) is 3.11. The van der Waals surface area contributed by atoms with Gasteiger partial charge >= 0.3 is 0 Å². The molecule has 0 saturated heterocycles. The molecule has 1 aromatic heterocycles. The summed E-state index contributed by atoms with van der Waals surface area (Å²) < 4.78 is 30.1. The van der Waals surface area contributed by atoms with Crippen LogP contribution in [0.4, 0.5) is 11.6 Å². The van der Waals surface area contributed by atoms with Crippen molar-refractivity contribution in [2.75, 3.05) is 19.0 Å². The van der Waals surface area contributed by atoms with Gasteiger partial charge < -0.3 is 10.1 Å². The van der Waals surface area contributed by atoms with Crippen LogP contribution in [-0.4, -0.2) is 42.3 Å². The molecule has 0 spiro atoms. The summed E-state index contributed by atoms with van der Waals surface area (Å²) in [7, 11) is -1.85. The van der Waals surface area contributed by atoms with E-state index in [1.54, 1.807) is 24.3 Å². The number of aromatic nitrogens is 3. The van der Waals surface area contributed by atoms with Crippen molar-refractivity contribution >= 4 is 33.1 Å². The Morgan fingerprint density at radius 1 is 1.40 bits per heavy atom. The smallest absolute Gasteiger partial charge is 0.231 e. The molecule has 134 valence electrons. The molecule has 2 aromatic rings. The maximum Gasteiger partial charge on any atom is 0.231 e. The molecule has 0 saturated carbocycles. The van der Waals surface area contributed by atoms with E-state index in [-0.39, 0.29) is 17.0 Å². The van der Waals surface area contributed by atoms with Gasteiger partial charge in [-0.1, -0.05) is 18.2 Å². The summed E-state index contributed by atoms with van der Waals surface area (Å²) in [5.74, 6) is 0.185. The number of rotatable bonds is 9. The number of halogens is 1. The van der Waals surface area contributed by atoms with E-state index in [1.165, 1.54) is 19.5 Å².